The standard InChI is InChI=1S/C15H20ClN3O3/c1-4-15(2,13(20)8-16)19-14(21)11-5-10(9-18-22-3)6-12(17)7-11/h5-7,9H,4,8,17H2,1-3H3,(H,19,21). The third kappa shape index (κ3) is 4.46. The van der Waals surface area contributed by atoms with E-state index in [1.165, 1.54) is 19.4 Å². The molecule has 1 amide bonds. The first kappa shape index (κ1) is 18.0. The first-order valence-corrected chi connectivity index (χ1v) is 7.28. The molecule has 0 radical (unpaired) electrons. The molecule has 7 heteroatoms. The molecule has 22 heavy (non-hydrogen) atoms. The predicted octanol–water partition coefficient (Wildman–Crippen LogP) is 1.96. The fourth-order valence-electron chi connectivity index (χ4n) is 1.82. The third-order valence-electron chi connectivity index (χ3n) is 3.38. The van der Waals surface area contributed by atoms with Crippen LogP contribution in [0.15, 0.2) is 23.4 Å². The van der Waals surface area contributed by atoms with Crippen molar-refractivity contribution in [2.45, 2.75) is 25.8 Å². The van der Waals surface area contributed by atoms with E-state index in [0.29, 0.717) is 23.2 Å². The van der Waals surface area contributed by atoms with Crippen LogP contribution in [0.2, 0.25) is 0 Å². The van der Waals surface area contributed by atoms with Gasteiger partial charge in [0.15, 0.2) is 5.78 Å². The second kappa shape index (κ2) is 7.79. The summed E-state index contributed by atoms with van der Waals surface area (Å²) in [6.45, 7) is 3.45. The number of hydrogen-bond donors (Lipinski definition) is 2. The van der Waals surface area contributed by atoms with Crippen LogP contribution in [0.1, 0.15) is 36.2 Å². The molecule has 1 atom stereocenters. The Morgan fingerprint density at radius 1 is 1.45 bits per heavy atom. The van der Waals surface area contributed by atoms with Crippen LogP contribution in [0.25, 0.3) is 0 Å². The smallest absolute Gasteiger partial charge is 0.252 e. The summed E-state index contributed by atoms with van der Waals surface area (Å²) >= 11 is 5.60. The maximum Gasteiger partial charge on any atom is 0.252 e. The molecule has 0 heterocycles. The number of nitrogens with two attached hydrogens (primary N) is 1. The van der Waals surface area contributed by atoms with Gasteiger partial charge in [0.05, 0.1) is 17.6 Å². The highest BCUT2D eigenvalue weighted by Crippen LogP contribution is 2.16. The minimum absolute atomic E-state index is 0.159. The number of alkyl halides is 1. The first-order valence-electron chi connectivity index (χ1n) is 6.75. The van der Waals surface area contributed by atoms with E-state index < -0.39 is 11.4 Å². The third-order valence-corrected chi connectivity index (χ3v) is 3.62. The molecular formula is C15H20ClN3O3. The van der Waals surface area contributed by atoms with Crippen LogP contribution in [0.3, 0.4) is 0 Å². The van der Waals surface area contributed by atoms with E-state index in [0.717, 1.165) is 0 Å². The Kier molecular flexibility index (Phi) is 6.37. The second-order valence-corrected chi connectivity index (χ2v) is 5.27. The zero-order valence-electron chi connectivity index (χ0n) is 12.9. The molecule has 120 valence electrons. The Morgan fingerprint density at radius 2 is 2.14 bits per heavy atom. The van der Waals surface area contributed by atoms with Gasteiger partial charge in [-0.3, -0.25) is 9.59 Å². The Balaban J connectivity index is 3.05. The Bertz CT molecular complexity index is 589. The average Bonchev–Trinajstić information content (AvgIpc) is 2.51. The molecule has 3 N–H and O–H groups in total. The SMILES string of the molecule is CCC(C)(NC(=O)c1cc(N)cc(C=NOC)c1)C(=O)CCl. The number of carbonyl (C=O) groups excluding carboxylic acids is 2. The van der Waals surface area contributed by atoms with Gasteiger partial charge in [-0.25, -0.2) is 0 Å². The summed E-state index contributed by atoms with van der Waals surface area (Å²) in [4.78, 5) is 28.9. The van der Waals surface area contributed by atoms with Gasteiger partial charge in [-0.2, -0.15) is 0 Å². The fraction of sp³-hybridized carbons (Fsp3) is 0.400. The quantitative estimate of drug-likeness (QED) is 0.347. The van der Waals surface area contributed by atoms with Crippen LogP contribution in [0.4, 0.5) is 5.69 Å². The number of Topliss-reactive ketones (excluding diaryl/α,β-unsaturated/α-hetero) is 1. The number of rotatable bonds is 7. The lowest BCUT2D eigenvalue weighted by atomic mass is 9.93. The van der Waals surface area contributed by atoms with E-state index >= 15 is 0 Å². The molecule has 0 spiro atoms. The molecule has 1 unspecified atom stereocenters. The number of nitrogens with one attached hydrogen (secondary N) is 1. The van der Waals surface area contributed by atoms with Gasteiger partial charge in [-0.05, 0) is 37.1 Å². The van der Waals surface area contributed by atoms with Gasteiger partial charge in [-0.1, -0.05) is 12.1 Å². The zero-order chi connectivity index (χ0) is 16.8. The van der Waals surface area contributed by atoms with Crippen LogP contribution >= 0.6 is 11.6 Å². The average molecular weight is 326 g/mol. The van der Waals surface area contributed by atoms with E-state index in [4.69, 9.17) is 17.3 Å². The summed E-state index contributed by atoms with van der Waals surface area (Å²) in [6, 6.07) is 4.79. The number of anilines is 1. The Labute approximate surface area is 134 Å². The summed E-state index contributed by atoms with van der Waals surface area (Å²) in [6.07, 6.45) is 1.88. The van der Waals surface area contributed by atoms with E-state index in [1.807, 2.05) is 0 Å². The maximum absolute atomic E-state index is 12.4. The van der Waals surface area contributed by atoms with Crippen LogP contribution in [-0.2, 0) is 9.63 Å². The molecule has 0 saturated heterocycles. The number of halogens is 1. The Hall–Kier alpha value is -2.08. The number of amides is 1. The molecule has 0 aliphatic carbocycles. The molecule has 0 bridgehead atoms. The lowest BCUT2D eigenvalue weighted by Gasteiger charge is -2.27. The van der Waals surface area contributed by atoms with Crippen molar-refractivity contribution in [2.75, 3.05) is 18.7 Å². The normalized spacial score (nSPS) is 13.6. The van der Waals surface area contributed by atoms with E-state index in [9.17, 15) is 9.59 Å². The van der Waals surface area contributed by atoms with Crippen molar-refractivity contribution >= 4 is 35.2 Å². The van der Waals surface area contributed by atoms with Gasteiger partial charge >= 0.3 is 0 Å². The fourth-order valence-corrected chi connectivity index (χ4v) is 2.12. The number of ketones is 1. The molecule has 0 fully saturated rings. The highest BCUT2D eigenvalue weighted by Gasteiger charge is 2.32. The van der Waals surface area contributed by atoms with Crippen LogP contribution in [-0.4, -0.2) is 36.4 Å². The van der Waals surface area contributed by atoms with Crippen molar-refractivity contribution < 1.29 is 14.4 Å². The first-order chi connectivity index (χ1) is 10.4. The van der Waals surface area contributed by atoms with Crippen molar-refractivity contribution in [1.29, 1.82) is 0 Å². The molecule has 1 aromatic rings. The topological polar surface area (TPSA) is 93.8 Å². The van der Waals surface area contributed by atoms with Crippen molar-refractivity contribution in [3.05, 3.63) is 29.3 Å². The van der Waals surface area contributed by atoms with Crippen molar-refractivity contribution in [1.82, 2.24) is 5.32 Å². The number of oxime groups is 1. The molecule has 1 rings (SSSR count). The molecular weight excluding hydrogens is 306 g/mol. The summed E-state index contributed by atoms with van der Waals surface area (Å²) < 4.78 is 0. The molecule has 6 nitrogen and oxygen atoms in total. The largest absolute Gasteiger partial charge is 0.399 e. The van der Waals surface area contributed by atoms with E-state index in [2.05, 4.69) is 15.3 Å². The number of nitrogen functional groups attached to an aromatic ring is 1. The molecule has 0 aliphatic heterocycles. The minimum Gasteiger partial charge on any atom is -0.399 e. The van der Waals surface area contributed by atoms with E-state index in [1.54, 1.807) is 26.0 Å². The highest BCUT2D eigenvalue weighted by molar-refractivity contribution is 6.29. The van der Waals surface area contributed by atoms with Gasteiger partial charge in [-0.15, -0.1) is 11.6 Å². The van der Waals surface area contributed by atoms with Gasteiger partial charge in [0.1, 0.15) is 7.11 Å². The number of carbonyl (C=O) groups is 2. The minimum atomic E-state index is -1.01. The van der Waals surface area contributed by atoms with E-state index in [-0.39, 0.29) is 11.7 Å². The summed E-state index contributed by atoms with van der Waals surface area (Å²) in [5, 5.41) is 6.35. The number of nitrogens with zero attached hydrogens (tertiary/aromatic N) is 1. The molecule has 0 aromatic heterocycles. The van der Waals surface area contributed by atoms with Crippen LogP contribution < -0.4 is 11.1 Å². The molecule has 0 aliphatic rings. The number of benzene rings is 1. The van der Waals surface area contributed by atoms with Crippen LogP contribution in [0.5, 0.6) is 0 Å². The van der Waals surface area contributed by atoms with Crippen molar-refractivity contribution in [2.24, 2.45) is 5.16 Å². The zero-order valence-corrected chi connectivity index (χ0v) is 13.6. The lowest BCUT2D eigenvalue weighted by molar-refractivity contribution is -0.122. The van der Waals surface area contributed by atoms with Gasteiger partial charge in [0, 0.05) is 11.3 Å². The van der Waals surface area contributed by atoms with Gasteiger partial charge in [0.25, 0.3) is 5.91 Å². The van der Waals surface area contributed by atoms with Crippen LogP contribution in [0, 0.1) is 0 Å². The van der Waals surface area contributed by atoms with Crippen molar-refractivity contribution in [3.63, 3.8) is 0 Å². The van der Waals surface area contributed by atoms with Gasteiger partial charge < -0.3 is 15.9 Å². The highest BCUT2D eigenvalue weighted by atomic mass is 35.5. The lowest BCUT2D eigenvalue weighted by Crippen LogP contribution is -2.52. The Morgan fingerprint density at radius 3 is 2.68 bits per heavy atom. The summed E-state index contributed by atoms with van der Waals surface area (Å²) in [7, 11) is 1.42. The predicted molar refractivity (Wildman–Crippen MR) is 87.3 cm³/mol. The second-order valence-electron chi connectivity index (χ2n) is 5.00. The number of hydrogen-bond acceptors (Lipinski definition) is 5. The van der Waals surface area contributed by atoms with Crippen molar-refractivity contribution in [3.8, 4) is 0 Å². The maximum atomic E-state index is 12.4. The van der Waals surface area contributed by atoms with Gasteiger partial charge in [0.2, 0.25) is 0 Å². The summed E-state index contributed by atoms with van der Waals surface area (Å²) in [5.41, 5.74) is 6.13. The summed E-state index contributed by atoms with van der Waals surface area (Å²) in [5.74, 6) is -0.801. The molecule has 1 aromatic carbocycles. The monoisotopic (exact) mass is 325 g/mol. The molecule has 0 saturated carbocycles.